The molecule has 0 aromatic carbocycles. The average molecular weight is 308 g/mol. The zero-order valence-electron chi connectivity index (χ0n) is 13.2. The van der Waals surface area contributed by atoms with E-state index < -0.39 is 0 Å². The van der Waals surface area contributed by atoms with E-state index in [0.717, 1.165) is 30.0 Å². The van der Waals surface area contributed by atoms with Gasteiger partial charge in [0.15, 0.2) is 0 Å². The van der Waals surface area contributed by atoms with Gasteiger partial charge >= 0.3 is 0 Å². The largest absolute Gasteiger partial charge is 0.468 e. The number of ether oxygens (including phenoxy) is 1. The number of hydrogen-bond donors (Lipinski definition) is 1. The summed E-state index contributed by atoms with van der Waals surface area (Å²) in [6.07, 6.45) is 2.65. The van der Waals surface area contributed by atoms with E-state index in [-0.39, 0.29) is 5.54 Å². The Morgan fingerprint density at radius 2 is 2.19 bits per heavy atom. The number of aryl methyl sites for hydroxylation is 1. The molecule has 0 atom stereocenters. The molecule has 0 bridgehead atoms. The SMILES string of the molecule is Cc1ncsc1CCOCc1ccoc1CNC(C)(C)C. The van der Waals surface area contributed by atoms with Crippen LogP contribution < -0.4 is 5.32 Å². The predicted octanol–water partition coefficient (Wildman–Crippen LogP) is 3.69. The van der Waals surface area contributed by atoms with Gasteiger partial charge in [-0.15, -0.1) is 11.3 Å². The maximum Gasteiger partial charge on any atom is 0.123 e. The molecule has 0 amide bonds. The van der Waals surface area contributed by atoms with E-state index in [9.17, 15) is 0 Å². The highest BCUT2D eigenvalue weighted by Gasteiger charge is 2.12. The Hall–Kier alpha value is -1.17. The van der Waals surface area contributed by atoms with Crippen LogP contribution in [-0.4, -0.2) is 17.1 Å². The van der Waals surface area contributed by atoms with Crippen molar-refractivity contribution in [2.24, 2.45) is 0 Å². The molecule has 21 heavy (non-hydrogen) atoms. The highest BCUT2D eigenvalue weighted by molar-refractivity contribution is 7.09. The van der Waals surface area contributed by atoms with Crippen molar-refractivity contribution < 1.29 is 9.15 Å². The van der Waals surface area contributed by atoms with Crippen molar-refractivity contribution in [2.45, 2.75) is 52.8 Å². The molecule has 0 saturated carbocycles. The lowest BCUT2D eigenvalue weighted by atomic mass is 10.1. The number of rotatable bonds is 7. The standard InChI is InChI=1S/C16H24N2O2S/c1-12-15(21-11-17-12)6-7-19-10-13-5-8-20-14(13)9-18-16(2,3)4/h5,8,11,18H,6-7,9-10H2,1-4H3. The van der Waals surface area contributed by atoms with Crippen molar-refractivity contribution in [3.63, 3.8) is 0 Å². The van der Waals surface area contributed by atoms with Gasteiger partial charge in [0.2, 0.25) is 0 Å². The molecule has 0 saturated heterocycles. The fraction of sp³-hybridized carbons (Fsp3) is 0.562. The number of furan rings is 1. The summed E-state index contributed by atoms with van der Waals surface area (Å²) in [6, 6.07) is 1.98. The minimum Gasteiger partial charge on any atom is -0.468 e. The molecule has 0 aliphatic carbocycles. The number of hydrogen-bond acceptors (Lipinski definition) is 5. The summed E-state index contributed by atoms with van der Waals surface area (Å²) >= 11 is 1.69. The Morgan fingerprint density at radius 1 is 1.38 bits per heavy atom. The van der Waals surface area contributed by atoms with E-state index in [2.05, 4.69) is 31.1 Å². The second-order valence-electron chi connectivity index (χ2n) is 6.14. The Labute approximate surface area is 130 Å². The van der Waals surface area contributed by atoms with Gasteiger partial charge in [-0.2, -0.15) is 0 Å². The predicted molar refractivity (Wildman–Crippen MR) is 85.5 cm³/mol. The summed E-state index contributed by atoms with van der Waals surface area (Å²) in [5.74, 6) is 0.957. The first-order chi connectivity index (χ1) is 9.96. The fourth-order valence-corrected chi connectivity index (χ4v) is 2.67. The lowest BCUT2D eigenvalue weighted by molar-refractivity contribution is 0.122. The van der Waals surface area contributed by atoms with Crippen molar-refractivity contribution in [3.05, 3.63) is 39.7 Å². The summed E-state index contributed by atoms with van der Waals surface area (Å²) in [5.41, 5.74) is 4.20. The monoisotopic (exact) mass is 308 g/mol. The van der Waals surface area contributed by atoms with Crippen molar-refractivity contribution >= 4 is 11.3 Å². The van der Waals surface area contributed by atoms with E-state index in [4.69, 9.17) is 9.15 Å². The van der Waals surface area contributed by atoms with Crippen LogP contribution in [0.3, 0.4) is 0 Å². The van der Waals surface area contributed by atoms with E-state index in [1.807, 2.05) is 18.5 Å². The van der Waals surface area contributed by atoms with Crippen molar-refractivity contribution in [2.75, 3.05) is 6.61 Å². The van der Waals surface area contributed by atoms with Crippen LogP contribution >= 0.6 is 11.3 Å². The summed E-state index contributed by atoms with van der Waals surface area (Å²) in [5, 5.41) is 3.43. The molecule has 0 radical (unpaired) electrons. The lowest BCUT2D eigenvalue weighted by Gasteiger charge is -2.20. The Morgan fingerprint density at radius 3 is 2.86 bits per heavy atom. The second-order valence-corrected chi connectivity index (χ2v) is 7.08. The van der Waals surface area contributed by atoms with Gasteiger partial charge in [-0.1, -0.05) is 0 Å². The summed E-state index contributed by atoms with van der Waals surface area (Å²) in [4.78, 5) is 5.55. The van der Waals surface area contributed by atoms with Gasteiger partial charge < -0.3 is 14.5 Å². The van der Waals surface area contributed by atoms with Gasteiger partial charge in [0, 0.05) is 22.4 Å². The number of nitrogens with one attached hydrogen (secondary N) is 1. The maximum absolute atomic E-state index is 5.77. The van der Waals surface area contributed by atoms with Crippen LogP contribution in [-0.2, 0) is 24.3 Å². The van der Waals surface area contributed by atoms with Crippen LogP contribution in [0.1, 0.15) is 42.7 Å². The third kappa shape index (κ3) is 5.26. The molecule has 116 valence electrons. The molecular formula is C16H24N2O2S. The highest BCUT2D eigenvalue weighted by Crippen LogP contribution is 2.15. The van der Waals surface area contributed by atoms with Gasteiger partial charge in [0.25, 0.3) is 0 Å². The smallest absolute Gasteiger partial charge is 0.123 e. The Bertz CT molecular complexity index is 555. The molecule has 1 N–H and O–H groups in total. The third-order valence-electron chi connectivity index (χ3n) is 3.19. The zero-order valence-corrected chi connectivity index (χ0v) is 14.0. The highest BCUT2D eigenvalue weighted by atomic mass is 32.1. The van der Waals surface area contributed by atoms with Crippen LogP contribution in [0.5, 0.6) is 0 Å². The number of aromatic nitrogens is 1. The molecule has 2 rings (SSSR count). The molecule has 2 aromatic rings. The molecule has 4 nitrogen and oxygen atoms in total. The molecule has 0 fully saturated rings. The van der Waals surface area contributed by atoms with Gasteiger partial charge in [0.05, 0.1) is 37.2 Å². The molecule has 0 spiro atoms. The summed E-state index contributed by atoms with van der Waals surface area (Å²) in [7, 11) is 0. The minimum atomic E-state index is 0.0780. The normalized spacial score (nSPS) is 12.0. The van der Waals surface area contributed by atoms with E-state index in [0.29, 0.717) is 13.2 Å². The molecule has 5 heteroatoms. The molecule has 2 aromatic heterocycles. The molecule has 0 unspecified atom stereocenters. The second kappa shape index (κ2) is 7.20. The molecule has 2 heterocycles. The average Bonchev–Trinajstić information content (AvgIpc) is 3.01. The Kier molecular flexibility index (Phi) is 5.56. The van der Waals surface area contributed by atoms with Gasteiger partial charge in [0.1, 0.15) is 5.76 Å². The van der Waals surface area contributed by atoms with Crippen molar-refractivity contribution in [1.82, 2.24) is 10.3 Å². The first-order valence-electron chi connectivity index (χ1n) is 7.23. The van der Waals surface area contributed by atoms with E-state index in [1.165, 1.54) is 4.88 Å². The first-order valence-corrected chi connectivity index (χ1v) is 8.10. The van der Waals surface area contributed by atoms with Crippen LogP contribution in [0.2, 0.25) is 0 Å². The van der Waals surface area contributed by atoms with Crippen molar-refractivity contribution in [1.29, 1.82) is 0 Å². The minimum absolute atomic E-state index is 0.0780. The molecule has 0 aliphatic rings. The third-order valence-corrected chi connectivity index (χ3v) is 4.19. The fourth-order valence-electron chi connectivity index (χ4n) is 1.91. The zero-order chi connectivity index (χ0) is 15.3. The molecule has 0 aliphatic heterocycles. The first kappa shape index (κ1) is 16.2. The van der Waals surface area contributed by atoms with Crippen LogP contribution in [0.15, 0.2) is 22.3 Å². The van der Waals surface area contributed by atoms with Gasteiger partial charge in [-0.05, 0) is 33.8 Å². The molecular weight excluding hydrogens is 284 g/mol. The van der Waals surface area contributed by atoms with Crippen LogP contribution in [0.25, 0.3) is 0 Å². The van der Waals surface area contributed by atoms with Crippen LogP contribution in [0.4, 0.5) is 0 Å². The topological polar surface area (TPSA) is 47.3 Å². The van der Waals surface area contributed by atoms with E-state index in [1.54, 1.807) is 17.6 Å². The summed E-state index contributed by atoms with van der Waals surface area (Å²) in [6.45, 7) is 10.5. The Balaban J connectivity index is 1.76. The maximum atomic E-state index is 5.77. The number of thiazole rings is 1. The van der Waals surface area contributed by atoms with Crippen LogP contribution in [0, 0.1) is 6.92 Å². The summed E-state index contributed by atoms with van der Waals surface area (Å²) < 4.78 is 11.3. The van der Waals surface area contributed by atoms with Crippen molar-refractivity contribution in [3.8, 4) is 0 Å². The lowest BCUT2D eigenvalue weighted by Crippen LogP contribution is -2.35. The number of nitrogens with zero attached hydrogens (tertiary/aromatic N) is 1. The van der Waals surface area contributed by atoms with Gasteiger partial charge in [-0.3, -0.25) is 0 Å². The van der Waals surface area contributed by atoms with E-state index >= 15 is 0 Å². The quantitative estimate of drug-likeness (QED) is 0.792. The van der Waals surface area contributed by atoms with Gasteiger partial charge in [-0.25, -0.2) is 4.98 Å².